The Hall–Kier alpha value is -1.40. The Balaban J connectivity index is 1.42. The molecule has 3 aliphatic heterocycles. The molecule has 1 aromatic heterocycles. The summed E-state index contributed by atoms with van der Waals surface area (Å²) in [6.45, 7) is 9.32. The van der Waals surface area contributed by atoms with Crippen molar-refractivity contribution >= 4 is 5.91 Å². The smallest absolute Gasteiger partial charge is 0.223 e. The molecule has 0 aliphatic carbocycles. The summed E-state index contributed by atoms with van der Waals surface area (Å²) in [6.07, 6.45) is 4.09. The number of likely N-dealkylation sites (tertiary alicyclic amines) is 2. The molecule has 6 nitrogen and oxygen atoms in total. The molecule has 1 atom stereocenters. The number of aromatic nitrogens is 1. The number of ether oxygens (including phenoxy) is 1. The van der Waals surface area contributed by atoms with Gasteiger partial charge in [0.25, 0.3) is 0 Å². The monoisotopic (exact) mass is 333 g/mol. The van der Waals surface area contributed by atoms with Gasteiger partial charge in [-0.25, -0.2) is 0 Å². The van der Waals surface area contributed by atoms with Gasteiger partial charge in [-0.15, -0.1) is 0 Å². The summed E-state index contributed by atoms with van der Waals surface area (Å²) in [5.74, 6) is 1.11. The van der Waals surface area contributed by atoms with Crippen molar-refractivity contribution in [2.24, 2.45) is 5.41 Å². The van der Waals surface area contributed by atoms with Crippen molar-refractivity contribution in [2.75, 3.05) is 32.8 Å². The molecule has 3 fully saturated rings. The number of carbonyl (C=O) groups excluding carboxylic acids is 1. The van der Waals surface area contributed by atoms with E-state index in [-0.39, 0.29) is 11.3 Å². The van der Waals surface area contributed by atoms with Gasteiger partial charge in [0, 0.05) is 49.7 Å². The van der Waals surface area contributed by atoms with Crippen molar-refractivity contribution in [1.82, 2.24) is 15.0 Å². The fraction of sp³-hybridized carbons (Fsp3) is 0.778. The van der Waals surface area contributed by atoms with E-state index in [0.717, 1.165) is 69.1 Å². The van der Waals surface area contributed by atoms with Gasteiger partial charge in [-0.3, -0.25) is 9.69 Å². The van der Waals surface area contributed by atoms with Crippen molar-refractivity contribution in [1.29, 1.82) is 0 Å². The lowest BCUT2D eigenvalue weighted by molar-refractivity contribution is -0.128. The molecular weight excluding hydrogens is 306 g/mol. The fourth-order valence-electron chi connectivity index (χ4n) is 4.65. The van der Waals surface area contributed by atoms with E-state index >= 15 is 0 Å². The Kier molecular flexibility index (Phi) is 4.12. The minimum Gasteiger partial charge on any atom is -0.381 e. The molecule has 3 aliphatic rings. The Bertz CT molecular complexity index is 604. The van der Waals surface area contributed by atoms with Crippen LogP contribution in [-0.2, 0) is 16.1 Å². The first kappa shape index (κ1) is 16.1. The van der Waals surface area contributed by atoms with Gasteiger partial charge in [0.15, 0.2) is 0 Å². The van der Waals surface area contributed by atoms with Crippen LogP contribution in [0.2, 0.25) is 0 Å². The molecular formula is C18H27N3O3. The highest BCUT2D eigenvalue weighted by atomic mass is 16.5. The molecule has 6 heteroatoms. The SMILES string of the molecule is Cc1noc(C)c1CN1CC2(CCN(C3CCOCC3)C2)CC1=O. The standard InChI is InChI=1S/C18H27N3O3/c1-13-16(14(2)24-19-13)10-21-12-18(9-17(21)22)5-6-20(11-18)15-3-7-23-8-4-15/h15H,3-12H2,1-2H3. The van der Waals surface area contributed by atoms with Crippen LogP contribution in [0.3, 0.4) is 0 Å². The summed E-state index contributed by atoms with van der Waals surface area (Å²) < 4.78 is 10.7. The normalized spacial score (nSPS) is 29.2. The van der Waals surface area contributed by atoms with Crippen molar-refractivity contribution in [3.63, 3.8) is 0 Å². The van der Waals surface area contributed by atoms with Gasteiger partial charge in [0.2, 0.25) is 5.91 Å². The van der Waals surface area contributed by atoms with Crippen LogP contribution < -0.4 is 0 Å². The average Bonchev–Trinajstić information content (AvgIpc) is 3.23. The number of nitrogens with zero attached hydrogens (tertiary/aromatic N) is 3. The zero-order valence-corrected chi connectivity index (χ0v) is 14.7. The number of hydrogen-bond donors (Lipinski definition) is 0. The Morgan fingerprint density at radius 3 is 2.75 bits per heavy atom. The molecule has 24 heavy (non-hydrogen) atoms. The van der Waals surface area contributed by atoms with Crippen LogP contribution in [0.5, 0.6) is 0 Å². The van der Waals surface area contributed by atoms with E-state index in [9.17, 15) is 4.79 Å². The number of amides is 1. The Morgan fingerprint density at radius 1 is 1.25 bits per heavy atom. The first-order valence-electron chi connectivity index (χ1n) is 9.08. The minimum absolute atomic E-state index is 0.147. The molecule has 1 unspecified atom stereocenters. The van der Waals surface area contributed by atoms with Crippen LogP contribution >= 0.6 is 0 Å². The molecule has 1 amide bonds. The summed E-state index contributed by atoms with van der Waals surface area (Å²) in [6, 6.07) is 0.643. The predicted octanol–water partition coefficient (Wildman–Crippen LogP) is 1.89. The van der Waals surface area contributed by atoms with Crippen LogP contribution in [0.15, 0.2) is 4.52 Å². The maximum atomic E-state index is 12.6. The van der Waals surface area contributed by atoms with Crippen LogP contribution in [0.25, 0.3) is 0 Å². The van der Waals surface area contributed by atoms with Crippen molar-refractivity contribution in [2.45, 2.75) is 52.1 Å². The molecule has 132 valence electrons. The summed E-state index contributed by atoms with van der Waals surface area (Å²) in [5, 5.41) is 4.01. The predicted molar refractivity (Wildman–Crippen MR) is 88.5 cm³/mol. The molecule has 4 rings (SSSR count). The van der Waals surface area contributed by atoms with Crippen LogP contribution in [-0.4, -0.2) is 59.8 Å². The van der Waals surface area contributed by atoms with Gasteiger partial charge in [-0.1, -0.05) is 5.16 Å². The number of aryl methyl sites for hydroxylation is 2. The van der Waals surface area contributed by atoms with Crippen LogP contribution in [0.1, 0.15) is 42.7 Å². The number of rotatable bonds is 3. The third-order valence-electron chi connectivity index (χ3n) is 6.11. The van der Waals surface area contributed by atoms with Gasteiger partial charge in [0.05, 0.1) is 12.2 Å². The maximum absolute atomic E-state index is 12.6. The van der Waals surface area contributed by atoms with Gasteiger partial charge >= 0.3 is 0 Å². The second kappa shape index (κ2) is 6.15. The second-order valence-corrected chi connectivity index (χ2v) is 7.79. The molecule has 1 spiro atoms. The Morgan fingerprint density at radius 2 is 2.04 bits per heavy atom. The fourth-order valence-corrected chi connectivity index (χ4v) is 4.65. The van der Waals surface area contributed by atoms with E-state index in [4.69, 9.17) is 9.26 Å². The molecule has 3 saturated heterocycles. The van der Waals surface area contributed by atoms with Gasteiger partial charge in [-0.2, -0.15) is 0 Å². The zero-order chi connectivity index (χ0) is 16.7. The highest BCUT2D eigenvalue weighted by Gasteiger charge is 2.48. The summed E-state index contributed by atoms with van der Waals surface area (Å²) in [7, 11) is 0. The first-order valence-corrected chi connectivity index (χ1v) is 9.08. The van der Waals surface area contributed by atoms with E-state index in [1.807, 2.05) is 18.7 Å². The topological polar surface area (TPSA) is 58.8 Å². The van der Waals surface area contributed by atoms with Gasteiger partial charge in [-0.05, 0) is 39.7 Å². The first-order chi connectivity index (χ1) is 11.6. The third-order valence-corrected chi connectivity index (χ3v) is 6.11. The zero-order valence-electron chi connectivity index (χ0n) is 14.7. The average molecular weight is 333 g/mol. The van der Waals surface area contributed by atoms with Crippen LogP contribution in [0.4, 0.5) is 0 Å². The lowest BCUT2D eigenvalue weighted by Crippen LogP contribution is -2.40. The highest BCUT2D eigenvalue weighted by Crippen LogP contribution is 2.42. The molecule has 0 bridgehead atoms. The van der Waals surface area contributed by atoms with E-state index in [0.29, 0.717) is 19.0 Å². The van der Waals surface area contributed by atoms with E-state index in [1.165, 1.54) is 0 Å². The molecule has 1 aromatic rings. The molecule has 0 aromatic carbocycles. The van der Waals surface area contributed by atoms with Gasteiger partial charge < -0.3 is 14.2 Å². The van der Waals surface area contributed by atoms with Crippen molar-refractivity contribution in [3.8, 4) is 0 Å². The number of hydrogen-bond acceptors (Lipinski definition) is 5. The third kappa shape index (κ3) is 2.86. The lowest BCUT2D eigenvalue weighted by Gasteiger charge is -2.32. The quantitative estimate of drug-likeness (QED) is 0.845. The van der Waals surface area contributed by atoms with Crippen LogP contribution in [0, 0.1) is 19.3 Å². The van der Waals surface area contributed by atoms with E-state index < -0.39 is 0 Å². The lowest BCUT2D eigenvalue weighted by atomic mass is 9.86. The minimum atomic E-state index is 0.147. The highest BCUT2D eigenvalue weighted by molar-refractivity contribution is 5.79. The Labute approximate surface area is 143 Å². The second-order valence-electron chi connectivity index (χ2n) is 7.79. The number of carbonyl (C=O) groups is 1. The van der Waals surface area contributed by atoms with Gasteiger partial charge in [0.1, 0.15) is 5.76 Å². The van der Waals surface area contributed by atoms with Crippen molar-refractivity contribution < 1.29 is 14.1 Å². The summed E-state index contributed by atoms with van der Waals surface area (Å²) >= 11 is 0. The molecule has 4 heterocycles. The summed E-state index contributed by atoms with van der Waals surface area (Å²) in [4.78, 5) is 17.2. The summed E-state index contributed by atoms with van der Waals surface area (Å²) in [5.41, 5.74) is 2.12. The maximum Gasteiger partial charge on any atom is 0.223 e. The molecule has 0 N–H and O–H groups in total. The van der Waals surface area contributed by atoms with E-state index in [1.54, 1.807) is 0 Å². The van der Waals surface area contributed by atoms with Crippen molar-refractivity contribution in [3.05, 3.63) is 17.0 Å². The molecule has 0 radical (unpaired) electrons. The van der Waals surface area contributed by atoms with E-state index in [2.05, 4.69) is 10.1 Å². The molecule has 0 saturated carbocycles. The largest absolute Gasteiger partial charge is 0.381 e.